The Hall–Kier alpha value is -2.77. The molecule has 200 valence electrons. The summed E-state index contributed by atoms with van der Waals surface area (Å²) < 4.78 is 0. The summed E-state index contributed by atoms with van der Waals surface area (Å²) >= 11 is 12.3. The maximum atomic E-state index is 13.5. The molecule has 3 amide bonds. The van der Waals surface area contributed by atoms with E-state index in [4.69, 9.17) is 28.3 Å². The molecule has 0 atom stereocenters. The second kappa shape index (κ2) is 12.7. The lowest BCUT2D eigenvalue weighted by Crippen LogP contribution is -2.45. The molecule has 1 saturated carbocycles. The molecule has 2 aromatic rings. The van der Waals surface area contributed by atoms with Crippen LogP contribution >= 0.6 is 23.2 Å². The first-order chi connectivity index (χ1) is 17.4. The Labute approximate surface area is 228 Å². The molecule has 1 fully saturated rings. The van der Waals surface area contributed by atoms with E-state index in [2.05, 4.69) is 31.4 Å². The number of amides is 3. The molecule has 1 aliphatic carbocycles. The number of aliphatic carboxylic acids is 1. The third kappa shape index (κ3) is 8.37. The standard InChI is InChI=1S/C28H35Cl2N3O4/c1-28(2,3)20-8-11-22(12-9-20)33(27(37)32-24-13-10-21(29)16-23(24)30)17-18-4-6-19(7-5-18)26(36)31-15-14-25(34)35/h4-7,10,13,16,20,22H,8-9,11-12,14-15,17H2,1-3H3,(H,31,36)(H,32,37)(H,34,35)/t20-,22-. The van der Waals surface area contributed by atoms with Crippen molar-refractivity contribution in [3.05, 3.63) is 63.6 Å². The molecule has 0 heterocycles. The molecule has 0 aromatic heterocycles. The van der Waals surface area contributed by atoms with Gasteiger partial charge in [0, 0.05) is 29.7 Å². The molecular weight excluding hydrogens is 513 g/mol. The zero-order chi connectivity index (χ0) is 27.2. The maximum absolute atomic E-state index is 13.5. The van der Waals surface area contributed by atoms with E-state index in [1.807, 2.05) is 17.0 Å². The van der Waals surface area contributed by atoms with Crippen molar-refractivity contribution >= 4 is 46.8 Å². The lowest BCUT2D eigenvalue weighted by atomic mass is 9.71. The molecular formula is C28H35Cl2N3O4. The number of carbonyl (C=O) groups is 3. The van der Waals surface area contributed by atoms with Crippen LogP contribution < -0.4 is 10.6 Å². The van der Waals surface area contributed by atoms with Gasteiger partial charge >= 0.3 is 12.0 Å². The average Bonchev–Trinajstić information content (AvgIpc) is 2.84. The Kier molecular flexibility index (Phi) is 9.85. The van der Waals surface area contributed by atoms with Crippen LogP contribution in [0, 0.1) is 11.3 Å². The topological polar surface area (TPSA) is 98.7 Å². The normalized spacial score (nSPS) is 17.6. The number of nitrogens with one attached hydrogen (secondary N) is 2. The zero-order valence-electron chi connectivity index (χ0n) is 21.5. The van der Waals surface area contributed by atoms with Gasteiger partial charge < -0.3 is 20.6 Å². The van der Waals surface area contributed by atoms with E-state index in [-0.39, 0.29) is 36.4 Å². The molecule has 0 spiro atoms. The highest BCUT2D eigenvalue weighted by Gasteiger charge is 2.34. The van der Waals surface area contributed by atoms with E-state index in [1.165, 1.54) is 0 Å². The second-order valence-corrected chi connectivity index (χ2v) is 11.5. The number of anilines is 1. The molecule has 1 aliphatic rings. The Bertz CT molecular complexity index is 1110. The van der Waals surface area contributed by atoms with Crippen LogP contribution in [0.3, 0.4) is 0 Å². The van der Waals surface area contributed by atoms with Crippen LogP contribution in [0.2, 0.25) is 10.0 Å². The predicted octanol–water partition coefficient (Wildman–Crippen LogP) is 6.84. The van der Waals surface area contributed by atoms with Gasteiger partial charge in [0.05, 0.1) is 17.1 Å². The number of halogens is 2. The van der Waals surface area contributed by atoms with Crippen LogP contribution in [0.5, 0.6) is 0 Å². The Morgan fingerprint density at radius 1 is 1.00 bits per heavy atom. The minimum atomic E-state index is -0.967. The van der Waals surface area contributed by atoms with Gasteiger partial charge in [0.25, 0.3) is 5.91 Å². The number of nitrogens with zero attached hydrogens (tertiary/aromatic N) is 1. The number of rotatable bonds is 8. The molecule has 9 heteroatoms. The number of carbonyl (C=O) groups excluding carboxylic acids is 2. The van der Waals surface area contributed by atoms with Crippen LogP contribution in [0.15, 0.2) is 42.5 Å². The van der Waals surface area contributed by atoms with Crippen LogP contribution in [-0.2, 0) is 11.3 Å². The van der Waals surface area contributed by atoms with E-state index in [1.54, 1.807) is 30.3 Å². The van der Waals surface area contributed by atoms with Crippen LogP contribution in [-0.4, -0.2) is 40.5 Å². The lowest BCUT2D eigenvalue weighted by Gasteiger charge is -2.41. The highest BCUT2D eigenvalue weighted by Crippen LogP contribution is 2.39. The minimum Gasteiger partial charge on any atom is -0.481 e. The summed E-state index contributed by atoms with van der Waals surface area (Å²) in [5.41, 5.74) is 2.05. The predicted molar refractivity (Wildman–Crippen MR) is 147 cm³/mol. The van der Waals surface area contributed by atoms with Crippen molar-refractivity contribution in [3.63, 3.8) is 0 Å². The van der Waals surface area contributed by atoms with Crippen molar-refractivity contribution in [1.29, 1.82) is 0 Å². The zero-order valence-corrected chi connectivity index (χ0v) is 23.0. The maximum Gasteiger partial charge on any atom is 0.322 e. The van der Waals surface area contributed by atoms with Crippen molar-refractivity contribution in [2.24, 2.45) is 11.3 Å². The summed E-state index contributed by atoms with van der Waals surface area (Å²) in [6, 6.07) is 11.8. The Morgan fingerprint density at radius 2 is 1.65 bits per heavy atom. The molecule has 0 unspecified atom stereocenters. The summed E-state index contributed by atoms with van der Waals surface area (Å²) in [6.07, 6.45) is 3.79. The van der Waals surface area contributed by atoms with Gasteiger partial charge in [-0.05, 0) is 72.9 Å². The van der Waals surface area contributed by atoms with E-state index >= 15 is 0 Å². The summed E-state index contributed by atoms with van der Waals surface area (Å²) in [4.78, 5) is 38.3. The monoisotopic (exact) mass is 547 g/mol. The molecule has 0 aliphatic heterocycles. The number of urea groups is 1. The summed E-state index contributed by atoms with van der Waals surface area (Å²) in [6.45, 7) is 7.25. The average molecular weight is 549 g/mol. The highest BCUT2D eigenvalue weighted by atomic mass is 35.5. The largest absolute Gasteiger partial charge is 0.481 e. The van der Waals surface area contributed by atoms with E-state index in [0.717, 1.165) is 31.2 Å². The van der Waals surface area contributed by atoms with Gasteiger partial charge in [0.2, 0.25) is 0 Å². The van der Waals surface area contributed by atoms with Crippen molar-refractivity contribution < 1.29 is 19.5 Å². The van der Waals surface area contributed by atoms with Crippen molar-refractivity contribution in [2.75, 3.05) is 11.9 Å². The van der Waals surface area contributed by atoms with Gasteiger partial charge in [-0.3, -0.25) is 9.59 Å². The number of benzene rings is 2. The van der Waals surface area contributed by atoms with Crippen LogP contribution in [0.1, 0.15) is 68.8 Å². The Morgan fingerprint density at radius 3 is 2.22 bits per heavy atom. The van der Waals surface area contributed by atoms with Gasteiger partial charge in [-0.2, -0.15) is 0 Å². The van der Waals surface area contributed by atoms with Gasteiger partial charge in [0.15, 0.2) is 0 Å². The van der Waals surface area contributed by atoms with Crippen molar-refractivity contribution in [1.82, 2.24) is 10.2 Å². The van der Waals surface area contributed by atoms with Crippen LogP contribution in [0.4, 0.5) is 10.5 Å². The molecule has 0 bridgehead atoms. The number of hydrogen-bond donors (Lipinski definition) is 3. The smallest absolute Gasteiger partial charge is 0.322 e. The molecule has 7 nitrogen and oxygen atoms in total. The molecule has 2 aromatic carbocycles. The van der Waals surface area contributed by atoms with E-state index < -0.39 is 5.97 Å². The first-order valence-corrected chi connectivity index (χ1v) is 13.3. The SMILES string of the molecule is CC(C)(C)[C@H]1CC[C@H](N(Cc2ccc(C(=O)NCCC(=O)O)cc2)C(=O)Nc2ccc(Cl)cc2Cl)CC1. The van der Waals surface area contributed by atoms with Gasteiger partial charge in [-0.1, -0.05) is 56.1 Å². The van der Waals surface area contributed by atoms with E-state index in [0.29, 0.717) is 33.8 Å². The van der Waals surface area contributed by atoms with Crippen molar-refractivity contribution in [3.8, 4) is 0 Å². The van der Waals surface area contributed by atoms with Crippen LogP contribution in [0.25, 0.3) is 0 Å². The van der Waals surface area contributed by atoms with Gasteiger partial charge in [0.1, 0.15) is 0 Å². The van der Waals surface area contributed by atoms with Gasteiger partial charge in [-0.25, -0.2) is 4.79 Å². The lowest BCUT2D eigenvalue weighted by molar-refractivity contribution is -0.136. The summed E-state index contributed by atoms with van der Waals surface area (Å²) in [7, 11) is 0. The molecule has 3 rings (SSSR count). The molecule has 37 heavy (non-hydrogen) atoms. The molecule has 3 N–H and O–H groups in total. The quantitative estimate of drug-likeness (QED) is 0.337. The Balaban J connectivity index is 1.74. The molecule has 0 saturated heterocycles. The summed E-state index contributed by atoms with van der Waals surface area (Å²) in [5.74, 6) is -0.691. The van der Waals surface area contributed by atoms with E-state index in [9.17, 15) is 14.4 Å². The second-order valence-electron chi connectivity index (χ2n) is 10.7. The minimum absolute atomic E-state index is 0.0639. The number of carboxylic acid groups (broad SMARTS) is 1. The van der Waals surface area contributed by atoms with Crippen molar-refractivity contribution in [2.45, 2.75) is 65.5 Å². The third-order valence-electron chi connectivity index (χ3n) is 6.99. The number of carboxylic acids is 1. The van der Waals surface area contributed by atoms with Gasteiger partial charge in [-0.15, -0.1) is 0 Å². The highest BCUT2D eigenvalue weighted by molar-refractivity contribution is 6.36. The number of hydrogen-bond acceptors (Lipinski definition) is 3. The fourth-order valence-corrected chi connectivity index (χ4v) is 5.20. The third-order valence-corrected chi connectivity index (χ3v) is 7.54. The fraction of sp³-hybridized carbons (Fsp3) is 0.464. The fourth-order valence-electron chi connectivity index (χ4n) is 4.74. The first kappa shape index (κ1) is 28.8. The molecule has 0 radical (unpaired) electrons. The first-order valence-electron chi connectivity index (χ1n) is 12.6. The summed E-state index contributed by atoms with van der Waals surface area (Å²) in [5, 5.41) is 15.1.